The minimum atomic E-state index is -0.213. The first-order chi connectivity index (χ1) is 12.3. The maximum absolute atomic E-state index is 12.8. The minimum Gasteiger partial charge on any atom is -0.507 e. The number of rotatable bonds is 3. The number of hydrogen-bond donors (Lipinski definition) is 1. The van der Waals surface area contributed by atoms with E-state index in [0.717, 1.165) is 5.56 Å². The van der Waals surface area contributed by atoms with Crippen molar-refractivity contribution in [1.82, 2.24) is 9.66 Å². The summed E-state index contributed by atoms with van der Waals surface area (Å²) >= 11 is 0. The highest BCUT2D eigenvalue weighted by Gasteiger charge is 2.15. The number of fused-ring (bicyclic) bond motifs is 1. The molecule has 0 amide bonds. The molecule has 1 N–H and O–H groups in total. The minimum absolute atomic E-state index is 0.0494. The number of nitrogens with zero attached hydrogens (tertiary/aromatic N) is 3. The van der Waals surface area contributed by atoms with Gasteiger partial charge in [-0.2, -0.15) is 9.78 Å². The molecule has 0 saturated heterocycles. The normalized spacial score (nSPS) is 12.2. The molecule has 0 aliphatic rings. The Morgan fingerprint density at radius 1 is 1.19 bits per heavy atom. The summed E-state index contributed by atoms with van der Waals surface area (Å²) < 4.78 is 1.31. The smallest absolute Gasteiger partial charge is 0.282 e. The van der Waals surface area contributed by atoms with Crippen LogP contribution in [0, 0.1) is 0 Å². The molecule has 0 aliphatic heterocycles. The first-order valence-electron chi connectivity index (χ1n) is 8.70. The Labute approximate surface area is 152 Å². The molecular weight excluding hydrogens is 326 g/mol. The highest BCUT2D eigenvalue weighted by Crippen LogP contribution is 2.26. The van der Waals surface area contributed by atoms with Gasteiger partial charge in [0.1, 0.15) is 11.6 Å². The summed E-state index contributed by atoms with van der Waals surface area (Å²) in [6.45, 7) is 8.24. The Kier molecular flexibility index (Phi) is 4.64. The molecule has 1 aromatic heterocycles. The van der Waals surface area contributed by atoms with Gasteiger partial charge in [-0.1, -0.05) is 45.9 Å². The number of benzene rings is 2. The fourth-order valence-electron chi connectivity index (χ4n) is 2.76. The van der Waals surface area contributed by atoms with Crippen LogP contribution in [0.2, 0.25) is 0 Å². The van der Waals surface area contributed by atoms with Crippen molar-refractivity contribution in [3.05, 3.63) is 69.8 Å². The molecule has 3 rings (SSSR count). The number of aromatic nitrogens is 2. The molecule has 0 fully saturated rings. The number of aryl methyl sites for hydroxylation is 1. The Morgan fingerprint density at radius 3 is 2.62 bits per heavy atom. The third-order valence-corrected chi connectivity index (χ3v) is 4.34. The summed E-state index contributed by atoms with van der Waals surface area (Å²) in [6, 6.07) is 12.7. The van der Waals surface area contributed by atoms with Gasteiger partial charge in [-0.3, -0.25) is 4.79 Å². The van der Waals surface area contributed by atoms with Crippen molar-refractivity contribution in [2.24, 2.45) is 5.10 Å². The van der Waals surface area contributed by atoms with E-state index in [1.54, 1.807) is 12.1 Å². The van der Waals surface area contributed by atoms with Crippen LogP contribution in [0.3, 0.4) is 0 Å². The van der Waals surface area contributed by atoms with E-state index in [1.165, 1.54) is 10.9 Å². The number of hydrogen-bond acceptors (Lipinski definition) is 4. The molecule has 26 heavy (non-hydrogen) atoms. The van der Waals surface area contributed by atoms with E-state index in [0.29, 0.717) is 28.7 Å². The van der Waals surface area contributed by atoms with E-state index >= 15 is 0 Å². The van der Waals surface area contributed by atoms with Crippen molar-refractivity contribution in [2.75, 3.05) is 0 Å². The van der Waals surface area contributed by atoms with Gasteiger partial charge >= 0.3 is 0 Å². The summed E-state index contributed by atoms with van der Waals surface area (Å²) in [5.74, 6) is 0.706. The largest absolute Gasteiger partial charge is 0.507 e. The number of phenolic OH excluding ortho intramolecular Hbond substituents is 1. The standard InChI is InChI=1S/C21H23N3O2/c1-5-19-23-17-9-7-6-8-16(17)20(26)24(19)22-13-14-12-15(21(2,3)4)10-11-18(14)25/h6-13,25H,5H2,1-4H3. The van der Waals surface area contributed by atoms with Crippen LogP contribution in [0.1, 0.15) is 44.6 Å². The fourth-order valence-corrected chi connectivity index (χ4v) is 2.76. The topological polar surface area (TPSA) is 67.5 Å². The lowest BCUT2D eigenvalue weighted by Gasteiger charge is -2.19. The van der Waals surface area contributed by atoms with Gasteiger partial charge in [0, 0.05) is 12.0 Å². The van der Waals surface area contributed by atoms with Gasteiger partial charge in [0.25, 0.3) is 5.56 Å². The van der Waals surface area contributed by atoms with Crippen molar-refractivity contribution in [2.45, 2.75) is 39.5 Å². The van der Waals surface area contributed by atoms with Gasteiger partial charge in [-0.25, -0.2) is 4.98 Å². The third kappa shape index (κ3) is 3.38. The second-order valence-corrected chi connectivity index (χ2v) is 7.28. The number of phenols is 1. The summed E-state index contributed by atoms with van der Waals surface area (Å²) in [4.78, 5) is 17.3. The van der Waals surface area contributed by atoms with Crippen molar-refractivity contribution in [3.63, 3.8) is 0 Å². The first-order valence-corrected chi connectivity index (χ1v) is 8.70. The highest BCUT2D eigenvalue weighted by molar-refractivity contribution is 5.84. The molecule has 0 atom stereocenters. The van der Waals surface area contributed by atoms with Crippen LogP contribution < -0.4 is 5.56 Å². The van der Waals surface area contributed by atoms with Gasteiger partial charge in [-0.05, 0) is 35.2 Å². The Bertz CT molecular complexity index is 1040. The SMILES string of the molecule is CCc1nc2ccccc2c(=O)n1N=Cc1cc(C(C)(C)C)ccc1O. The Balaban J connectivity index is 2.12. The summed E-state index contributed by atoms with van der Waals surface area (Å²) in [6.07, 6.45) is 2.09. The molecule has 0 spiro atoms. The molecule has 0 unspecified atom stereocenters. The second-order valence-electron chi connectivity index (χ2n) is 7.28. The molecule has 1 heterocycles. The molecular formula is C21H23N3O2. The van der Waals surface area contributed by atoms with Crippen LogP contribution in [-0.4, -0.2) is 21.0 Å². The predicted molar refractivity (Wildman–Crippen MR) is 105 cm³/mol. The third-order valence-electron chi connectivity index (χ3n) is 4.34. The van der Waals surface area contributed by atoms with Crippen LogP contribution in [0.15, 0.2) is 52.4 Å². The van der Waals surface area contributed by atoms with Gasteiger partial charge in [0.05, 0.1) is 17.1 Å². The van der Waals surface area contributed by atoms with Crippen LogP contribution in [0.4, 0.5) is 0 Å². The average Bonchev–Trinajstić information content (AvgIpc) is 2.61. The fraction of sp³-hybridized carbons (Fsp3) is 0.286. The molecule has 5 nitrogen and oxygen atoms in total. The summed E-state index contributed by atoms with van der Waals surface area (Å²) in [5, 5.41) is 15.0. The lowest BCUT2D eigenvalue weighted by Crippen LogP contribution is -2.22. The zero-order valence-corrected chi connectivity index (χ0v) is 15.5. The number of aromatic hydroxyl groups is 1. The molecule has 5 heteroatoms. The molecule has 3 aromatic rings. The number of para-hydroxylation sites is 1. The maximum Gasteiger partial charge on any atom is 0.282 e. The van der Waals surface area contributed by atoms with Crippen LogP contribution in [-0.2, 0) is 11.8 Å². The van der Waals surface area contributed by atoms with Crippen LogP contribution >= 0.6 is 0 Å². The highest BCUT2D eigenvalue weighted by atomic mass is 16.3. The molecule has 0 bridgehead atoms. The van der Waals surface area contributed by atoms with Crippen molar-refractivity contribution < 1.29 is 5.11 Å². The average molecular weight is 349 g/mol. The van der Waals surface area contributed by atoms with E-state index in [9.17, 15) is 9.90 Å². The second kappa shape index (κ2) is 6.75. The molecule has 0 saturated carbocycles. The lowest BCUT2D eigenvalue weighted by molar-refractivity contribution is 0.473. The Morgan fingerprint density at radius 2 is 1.92 bits per heavy atom. The van der Waals surface area contributed by atoms with E-state index in [1.807, 2.05) is 37.3 Å². The van der Waals surface area contributed by atoms with Crippen molar-refractivity contribution in [3.8, 4) is 5.75 Å². The lowest BCUT2D eigenvalue weighted by atomic mass is 9.86. The zero-order valence-electron chi connectivity index (χ0n) is 15.5. The van der Waals surface area contributed by atoms with Gasteiger partial charge in [-0.15, -0.1) is 0 Å². The van der Waals surface area contributed by atoms with E-state index in [4.69, 9.17) is 0 Å². The van der Waals surface area contributed by atoms with Crippen LogP contribution in [0.5, 0.6) is 5.75 Å². The first kappa shape index (κ1) is 17.9. The van der Waals surface area contributed by atoms with E-state index < -0.39 is 0 Å². The summed E-state index contributed by atoms with van der Waals surface area (Å²) in [5.41, 5.74) is 2.05. The predicted octanol–water partition coefficient (Wildman–Crippen LogP) is 3.84. The monoisotopic (exact) mass is 349 g/mol. The summed E-state index contributed by atoms with van der Waals surface area (Å²) in [7, 11) is 0. The van der Waals surface area contributed by atoms with Gasteiger partial charge in [0.15, 0.2) is 0 Å². The quantitative estimate of drug-likeness (QED) is 0.731. The molecule has 0 aliphatic carbocycles. The Hall–Kier alpha value is -2.95. The van der Waals surface area contributed by atoms with Crippen LogP contribution in [0.25, 0.3) is 10.9 Å². The van der Waals surface area contributed by atoms with E-state index in [2.05, 4.69) is 30.9 Å². The van der Waals surface area contributed by atoms with E-state index in [-0.39, 0.29) is 16.7 Å². The van der Waals surface area contributed by atoms with Gasteiger partial charge in [0.2, 0.25) is 0 Å². The van der Waals surface area contributed by atoms with Crippen molar-refractivity contribution >= 4 is 17.1 Å². The molecule has 2 aromatic carbocycles. The van der Waals surface area contributed by atoms with Gasteiger partial charge < -0.3 is 5.11 Å². The maximum atomic E-state index is 12.8. The molecule has 0 radical (unpaired) electrons. The van der Waals surface area contributed by atoms with Crippen molar-refractivity contribution in [1.29, 1.82) is 0 Å². The zero-order chi connectivity index (χ0) is 18.9. The molecule has 134 valence electrons.